The van der Waals surface area contributed by atoms with Crippen LogP contribution in [0.5, 0.6) is 0 Å². The van der Waals surface area contributed by atoms with Crippen molar-refractivity contribution >= 4 is 76.7 Å². The standard InChI is InChI=1S/C6H10O2.C5H8O2.C5H13OP.C5H10O.C4H10O2S.C4H12Si.C3H9OP.C3H6O.C2H6O2S/c1-3-5(7)6(8)4-2;1-4(6)3-5(2)7;1-4-7(3,6)5-2;1-3-5(6)4-2;1-3-7(5,6)4-2;2*1-5(2,3)4;1-3(2)4;1-5(2,3)4/h3-4H2,1-2H3;3H2,1-2H3;4-5H2,1-3H3;3-4H2,1-2H3;3-4H2,1-2H3;1-4H3;1-3H3;1-2H3;1-2H3. The first-order valence-corrected chi connectivity index (χ1v) is 31.8. The second-order valence-electron chi connectivity index (χ2n) is 14.6. The molecule has 0 fully saturated rings. The van der Waals surface area contributed by atoms with E-state index in [0.717, 1.165) is 24.8 Å². The summed E-state index contributed by atoms with van der Waals surface area (Å²) in [6.07, 6.45) is 6.17. The van der Waals surface area contributed by atoms with E-state index in [-0.39, 0.29) is 46.8 Å². The lowest BCUT2D eigenvalue weighted by molar-refractivity contribution is -0.136. The summed E-state index contributed by atoms with van der Waals surface area (Å²) in [4.78, 5) is 60.5. The Morgan fingerprint density at radius 1 is 0.519 bits per heavy atom. The molecule has 0 unspecified atom stereocenters. The fraction of sp³-hybridized carbons (Fsp3) is 0.838. The highest BCUT2D eigenvalue weighted by Crippen LogP contribution is 2.39. The average molecular weight is 875 g/mol. The van der Waals surface area contributed by atoms with Gasteiger partial charge in [-0.15, -0.1) is 0 Å². The monoisotopic (exact) mass is 874 g/mol. The second-order valence-corrected chi connectivity index (χ2v) is 33.1. The molecule has 0 aromatic carbocycles. The zero-order chi connectivity index (χ0) is 46.3. The lowest BCUT2D eigenvalue weighted by Crippen LogP contribution is -2.10. The Balaban J connectivity index is -0.0000000607. The number of rotatable bonds is 11. The lowest BCUT2D eigenvalue weighted by atomic mass is 10.2. The SMILES string of the molecule is CC(=O)CC(C)=O.CC(C)=O.CCC(=O)C(=O)CC.CCC(=O)CC.CCP(C)(=O)CC.CCS(=O)(=O)CC.CP(C)(C)=O.CS(C)(=O)=O.C[Si](C)(C)C. The van der Waals surface area contributed by atoms with Gasteiger partial charge in [0.2, 0.25) is 0 Å². The van der Waals surface area contributed by atoms with Crippen LogP contribution in [0.25, 0.3) is 0 Å². The number of ketones is 6. The van der Waals surface area contributed by atoms with Gasteiger partial charge in [-0.3, -0.25) is 24.0 Å². The molecule has 0 aliphatic carbocycles. The molecule has 0 saturated carbocycles. The molecule has 0 saturated heterocycles. The van der Waals surface area contributed by atoms with E-state index in [4.69, 9.17) is 0 Å². The Morgan fingerprint density at radius 2 is 0.704 bits per heavy atom. The Morgan fingerprint density at radius 3 is 0.722 bits per heavy atom. The first kappa shape index (κ1) is 73.7. The molecule has 0 heterocycles. The van der Waals surface area contributed by atoms with Crippen LogP contribution in [0.15, 0.2) is 0 Å². The van der Waals surface area contributed by atoms with Crippen LogP contribution in [0.4, 0.5) is 0 Å². The molecular formula is C37H84O12P2S2Si. The molecule has 0 spiro atoms. The van der Waals surface area contributed by atoms with Crippen LogP contribution in [0.2, 0.25) is 26.2 Å². The van der Waals surface area contributed by atoms with E-state index in [2.05, 4.69) is 26.2 Å². The van der Waals surface area contributed by atoms with Gasteiger partial charge in [-0.25, -0.2) is 16.8 Å². The minimum atomic E-state index is -2.67. The van der Waals surface area contributed by atoms with Crippen LogP contribution in [0.1, 0.15) is 115 Å². The van der Waals surface area contributed by atoms with Gasteiger partial charge < -0.3 is 13.9 Å². The van der Waals surface area contributed by atoms with Gasteiger partial charge >= 0.3 is 0 Å². The van der Waals surface area contributed by atoms with Crippen LogP contribution < -0.4 is 0 Å². The minimum absolute atomic E-state index is 0.0625. The zero-order valence-corrected chi connectivity index (χ0v) is 42.9. The smallest absolute Gasteiger partial charge is 0.198 e. The van der Waals surface area contributed by atoms with Crippen molar-refractivity contribution in [1.29, 1.82) is 0 Å². The van der Waals surface area contributed by atoms with Gasteiger partial charge in [-0.2, -0.15) is 0 Å². The van der Waals surface area contributed by atoms with Crippen LogP contribution in [0, 0.1) is 0 Å². The minimum Gasteiger partial charge on any atom is -0.324 e. The first-order valence-electron chi connectivity index (χ1n) is 18.1. The maximum atomic E-state index is 11.0. The Labute approximate surface area is 334 Å². The molecule has 0 N–H and O–H groups in total. The molecule has 0 amide bonds. The summed E-state index contributed by atoms with van der Waals surface area (Å²) >= 11 is 0. The highest BCUT2D eigenvalue weighted by atomic mass is 32.2. The van der Waals surface area contributed by atoms with E-state index >= 15 is 0 Å². The van der Waals surface area contributed by atoms with Crippen molar-refractivity contribution in [2.24, 2.45) is 0 Å². The first-order chi connectivity index (χ1) is 23.6. The summed E-state index contributed by atoms with van der Waals surface area (Å²) in [5.41, 5.74) is 0. The summed E-state index contributed by atoms with van der Waals surface area (Å²) in [6.45, 7) is 36.7. The van der Waals surface area contributed by atoms with Gasteiger partial charge in [0.05, 0.1) is 20.7 Å². The number of carbonyl (C=O) groups is 6. The van der Waals surface area contributed by atoms with Crippen molar-refractivity contribution in [3.63, 3.8) is 0 Å². The average Bonchev–Trinajstić information content (AvgIpc) is 2.97. The third kappa shape index (κ3) is 176. The third-order valence-corrected chi connectivity index (χ3v) is 8.89. The number of Topliss-reactive ketones (excluding diaryl/α,β-unsaturated/α-hetero) is 6. The molecule has 12 nitrogen and oxygen atoms in total. The van der Waals surface area contributed by atoms with Crippen molar-refractivity contribution in [3.8, 4) is 0 Å². The molecule has 0 atom stereocenters. The fourth-order valence-electron chi connectivity index (χ4n) is 1.42. The van der Waals surface area contributed by atoms with Crippen molar-refractivity contribution in [1.82, 2.24) is 0 Å². The molecule has 54 heavy (non-hydrogen) atoms. The van der Waals surface area contributed by atoms with E-state index in [1.54, 1.807) is 47.7 Å². The van der Waals surface area contributed by atoms with Crippen molar-refractivity contribution in [2.45, 2.75) is 141 Å². The number of hydrogen-bond acceptors (Lipinski definition) is 12. The number of carbonyl (C=O) groups excluding carboxylic acids is 6. The quantitative estimate of drug-likeness (QED) is 0.0827. The summed E-state index contributed by atoms with van der Waals surface area (Å²) < 4.78 is 61.2. The normalized spacial score (nSPS) is 10.1. The van der Waals surface area contributed by atoms with Gasteiger partial charge in [-0.1, -0.05) is 81.6 Å². The summed E-state index contributed by atoms with van der Waals surface area (Å²) in [5, 5.41) is 0. The van der Waals surface area contributed by atoms with Crippen LogP contribution in [0.3, 0.4) is 0 Å². The van der Waals surface area contributed by atoms with Crippen LogP contribution in [-0.2, 0) is 57.6 Å². The Kier molecular flexibility index (Phi) is 58.3. The van der Waals surface area contributed by atoms with E-state index in [9.17, 15) is 54.7 Å². The van der Waals surface area contributed by atoms with Gasteiger partial charge in [0.15, 0.2) is 11.6 Å². The van der Waals surface area contributed by atoms with Crippen LogP contribution in [-0.4, -0.2) is 123 Å². The molecule has 330 valence electrons. The van der Waals surface area contributed by atoms with Gasteiger partial charge in [0.25, 0.3) is 0 Å². The highest BCUT2D eigenvalue weighted by molar-refractivity contribution is 7.91. The maximum Gasteiger partial charge on any atom is 0.198 e. The predicted octanol–water partition coefficient (Wildman–Crippen LogP) is 8.78. The molecule has 17 heteroatoms. The molecule has 0 radical (unpaired) electrons. The summed E-state index contributed by atoms with van der Waals surface area (Å²) in [5.74, 6) is 0.405. The zero-order valence-electron chi connectivity index (χ0n) is 38.5. The van der Waals surface area contributed by atoms with E-state index < -0.39 is 42.0 Å². The Hall–Kier alpha value is -1.40. The third-order valence-electron chi connectivity index (χ3n) is 4.46. The molecule has 0 aliphatic rings. The topological polar surface area (TPSA) is 205 Å². The molecule has 0 bridgehead atoms. The number of hydrogen-bond donors (Lipinski definition) is 0. The van der Waals surface area contributed by atoms with Crippen molar-refractivity contribution in [3.05, 3.63) is 0 Å². The fourth-order valence-corrected chi connectivity index (χ4v) is 2.28. The molecule has 0 aromatic rings. The van der Waals surface area contributed by atoms with Crippen molar-refractivity contribution < 1.29 is 54.7 Å². The molecular weight excluding hydrogens is 791 g/mol. The maximum absolute atomic E-state index is 11.0. The summed E-state index contributed by atoms with van der Waals surface area (Å²) in [7, 11) is -9.23. The van der Waals surface area contributed by atoms with Crippen molar-refractivity contribution in [2.75, 3.05) is 63.0 Å². The summed E-state index contributed by atoms with van der Waals surface area (Å²) in [6, 6.07) is 0. The van der Waals surface area contributed by atoms with E-state index in [1.165, 1.54) is 27.7 Å². The molecule has 0 aliphatic heterocycles. The molecule has 0 rings (SSSR count). The predicted molar refractivity (Wildman–Crippen MR) is 238 cm³/mol. The van der Waals surface area contributed by atoms with Crippen LogP contribution >= 0.6 is 14.3 Å². The van der Waals surface area contributed by atoms with E-state index in [1.807, 2.05) is 34.4 Å². The highest BCUT2D eigenvalue weighted by Gasteiger charge is 2.06. The van der Waals surface area contributed by atoms with Gasteiger partial charge in [0, 0.05) is 57.8 Å². The van der Waals surface area contributed by atoms with Gasteiger partial charge in [-0.05, 0) is 66.7 Å². The lowest BCUT2D eigenvalue weighted by Gasteiger charge is -2.02. The van der Waals surface area contributed by atoms with E-state index in [0.29, 0.717) is 31.5 Å². The Bertz CT molecular complexity index is 1240. The second kappa shape index (κ2) is 42.7. The largest absolute Gasteiger partial charge is 0.324 e. The number of sulfone groups is 2. The van der Waals surface area contributed by atoms with Gasteiger partial charge in [0.1, 0.15) is 42.8 Å². The molecule has 0 aromatic heterocycles.